The van der Waals surface area contributed by atoms with Gasteiger partial charge in [-0.15, -0.1) is 0 Å². The molecule has 26 heavy (non-hydrogen) atoms. The Balaban J connectivity index is 1.49. The Morgan fingerprint density at radius 1 is 1.04 bits per heavy atom. The number of benzene rings is 1. The quantitative estimate of drug-likeness (QED) is 0.780. The highest BCUT2D eigenvalue weighted by Gasteiger charge is 2.50. The zero-order chi connectivity index (χ0) is 17.5. The SMILES string of the molecule is O=CC1=C(Oc2ccccc2)N2C[C@@H]3CCCN4CCC[C@@H]([C@H]34)[C@H]2CC1. The van der Waals surface area contributed by atoms with Gasteiger partial charge in [0, 0.05) is 18.6 Å². The number of aldehydes is 1. The van der Waals surface area contributed by atoms with Gasteiger partial charge in [-0.3, -0.25) is 9.69 Å². The van der Waals surface area contributed by atoms with E-state index in [9.17, 15) is 4.79 Å². The number of carbonyl (C=O) groups excluding carboxylic acids is 1. The van der Waals surface area contributed by atoms with Crippen LogP contribution in [0.2, 0.25) is 0 Å². The second-order valence-electron chi connectivity index (χ2n) is 8.36. The minimum Gasteiger partial charge on any atom is -0.441 e. The average molecular weight is 352 g/mol. The fourth-order valence-corrected chi connectivity index (χ4v) is 6.03. The van der Waals surface area contributed by atoms with Gasteiger partial charge in [-0.2, -0.15) is 0 Å². The number of rotatable bonds is 3. The third-order valence-electron chi connectivity index (χ3n) is 7.02. The maximum absolute atomic E-state index is 11.8. The van der Waals surface area contributed by atoms with Gasteiger partial charge < -0.3 is 9.64 Å². The first-order valence-corrected chi connectivity index (χ1v) is 10.3. The van der Waals surface area contributed by atoms with Gasteiger partial charge in [0.15, 0.2) is 6.29 Å². The fourth-order valence-electron chi connectivity index (χ4n) is 6.03. The molecule has 0 N–H and O–H groups in total. The standard InChI is InChI=1S/C22H28N2O2/c25-15-17-10-11-20-19-9-5-13-23-12-4-6-16(21(19)23)14-24(20)22(17)26-18-7-2-1-3-8-18/h1-3,7-8,15-16,19-21H,4-6,9-14H2/t16-,19+,20+,21-/m0/s1. The molecule has 5 rings (SSSR count). The summed E-state index contributed by atoms with van der Waals surface area (Å²) in [5.41, 5.74) is 0.840. The number of fused-ring (bicyclic) bond motifs is 2. The molecule has 1 aromatic carbocycles. The molecule has 0 amide bonds. The van der Waals surface area contributed by atoms with E-state index >= 15 is 0 Å². The van der Waals surface area contributed by atoms with E-state index in [4.69, 9.17) is 4.74 Å². The summed E-state index contributed by atoms with van der Waals surface area (Å²) in [4.78, 5) is 17.0. The number of nitrogens with zero attached hydrogens (tertiary/aromatic N) is 2. The van der Waals surface area contributed by atoms with E-state index in [0.29, 0.717) is 12.0 Å². The molecule has 0 aromatic heterocycles. The Kier molecular flexibility index (Phi) is 4.24. The van der Waals surface area contributed by atoms with Crippen LogP contribution in [0.1, 0.15) is 38.5 Å². The average Bonchev–Trinajstić information content (AvgIpc) is 2.70. The number of piperidine rings is 3. The van der Waals surface area contributed by atoms with Crippen LogP contribution < -0.4 is 4.74 Å². The molecule has 4 nitrogen and oxygen atoms in total. The first kappa shape index (κ1) is 16.4. The van der Waals surface area contributed by atoms with Crippen molar-refractivity contribution in [2.75, 3.05) is 19.6 Å². The molecule has 3 saturated heterocycles. The van der Waals surface area contributed by atoms with Crippen molar-refractivity contribution in [2.45, 2.75) is 50.6 Å². The summed E-state index contributed by atoms with van der Waals surface area (Å²) < 4.78 is 6.31. The maximum atomic E-state index is 11.8. The summed E-state index contributed by atoms with van der Waals surface area (Å²) in [6, 6.07) is 11.2. The molecule has 4 heterocycles. The van der Waals surface area contributed by atoms with E-state index in [2.05, 4.69) is 9.80 Å². The largest absolute Gasteiger partial charge is 0.441 e. The molecule has 0 unspecified atom stereocenters. The summed E-state index contributed by atoms with van der Waals surface area (Å²) in [6.45, 7) is 3.61. The topological polar surface area (TPSA) is 32.8 Å². The normalized spacial score (nSPS) is 34.1. The minimum atomic E-state index is 0.527. The summed E-state index contributed by atoms with van der Waals surface area (Å²) in [5.74, 6) is 3.11. The van der Waals surface area contributed by atoms with Crippen molar-refractivity contribution in [1.82, 2.24) is 9.80 Å². The lowest BCUT2D eigenvalue weighted by atomic mass is 9.68. The van der Waals surface area contributed by atoms with Gasteiger partial charge in [0.1, 0.15) is 5.75 Å². The summed E-state index contributed by atoms with van der Waals surface area (Å²) in [6.07, 6.45) is 8.24. The monoisotopic (exact) mass is 352 g/mol. The summed E-state index contributed by atoms with van der Waals surface area (Å²) in [5, 5.41) is 0. The molecule has 4 atom stereocenters. The summed E-state index contributed by atoms with van der Waals surface area (Å²) >= 11 is 0. The van der Waals surface area contributed by atoms with E-state index in [0.717, 1.165) is 54.8 Å². The van der Waals surface area contributed by atoms with E-state index in [1.165, 1.54) is 38.8 Å². The third-order valence-corrected chi connectivity index (χ3v) is 7.02. The third kappa shape index (κ3) is 2.66. The fraction of sp³-hybridized carbons (Fsp3) is 0.591. The molecule has 0 saturated carbocycles. The van der Waals surface area contributed by atoms with E-state index in [-0.39, 0.29) is 0 Å². The van der Waals surface area contributed by atoms with Crippen molar-refractivity contribution in [1.29, 1.82) is 0 Å². The van der Waals surface area contributed by atoms with Crippen LogP contribution in [0.5, 0.6) is 5.75 Å². The number of ether oxygens (including phenoxy) is 1. The van der Waals surface area contributed by atoms with Gasteiger partial charge in [-0.05, 0) is 75.6 Å². The predicted molar refractivity (Wildman–Crippen MR) is 101 cm³/mol. The predicted octanol–water partition coefficient (Wildman–Crippen LogP) is 3.44. The van der Waals surface area contributed by atoms with Gasteiger partial charge in [-0.1, -0.05) is 18.2 Å². The molecule has 1 aromatic rings. The molecule has 138 valence electrons. The number of carbonyl (C=O) groups is 1. The number of hydrogen-bond donors (Lipinski definition) is 0. The molecule has 0 bridgehead atoms. The van der Waals surface area contributed by atoms with Gasteiger partial charge >= 0.3 is 0 Å². The molecular formula is C22H28N2O2. The number of para-hydroxylation sites is 1. The lowest BCUT2D eigenvalue weighted by Crippen LogP contribution is -2.65. The molecule has 4 heteroatoms. The first-order chi connectivity index (χ1) is 12.8. The Labute approximate surface area is 155 Å². The van der Waals surface area contributed by atoms with Crippen molar-refractivity contribution in [2.24, 2.45) is 11.8 Å². The van der Waals surface area contributed by atoms with Crippen molar-refractivity contribution in [3.05, 3.63) is 41.8 Å². The van der Waals surface area contributed by atoms with Gasteiger partial charge in [-0.25, -0.2) is 0 Å². The molecule has 3 fully saturated rings. The number of allylic oxidation sites excluding steroid dienone is 1. The number of hydrogen-bond acceptors (Lipinski definition) is 4. The molecule has 0 radical (unpaired) electrons. The highest BCUT2D eigenvalue weighted by atomic mass is 16.5. The molecule has 4 aliphatic rings. The lowest BCUT2D eigenvalue weighted by Gasteiger charge is -2.59. The van der Waals surface area contributed by atoms with Crippen molar-refractivity contribution < 1.29 is 9.53 Å². The van der Waals surface area contributed by atoms with Crippen LogP contribution in [0.4, 0.5) is 0 Å². The highest BCUT2D eigenvalue weighted by Crippen LogP contribution is 2.46. The van der Waals surface area contributed by atoms with Crippen LogP contribution in [0.3, 0.4) is 0 Å². The second-order valence-corrected chi connectivity index (χ2v) is 8.36. The van der Waals surface area contributed by atoms with Gasteiger partial charge in [0.25, 0.3) is 0 Å². The van der Waals surface area contributed by atoms with Crippen molar-refractivity contribution in [3.63, 3.8) is 0 Å². The van der Waals surface area contributed by atoms with Crippen LogP contribution in [0, 0.1) is 11.8 Å². The zero-order valence-electron chi connectivity index (χ0n) is 15.3. The zero-order valence-corrected chi connectivity index (χ0v) is 15.3. The second kappa shape index (κ2) is 6.73. The van der Waals surface area contributed by atoms with Gasteiger partial charge in [0.05, 0.1) is 5.57 Å². The van der Waals surface area contributed by atoms with Crippen LogP contribution in [-0.2, 0) is 4.79 Å². The van der Waals surface area contributed by atoms with E-state index in [1.54, 1.807) is 0 Å². The Morgan fingerprint density at radius 2 is 1.85 bits per heavy atom. The Morgan fingerprint density at radius 3 is 2.65 bits per heavy atom. The maximum Gasteiger partial charge on any atom is 0.202 e. The van der Waals surface area contributed by atoms with E-state index < -0.39 is 0 Å². The lowest BCUT2D eigenvalue weighted by molar-refractivity contribution is -0.107. The molecule has 0 spiro atoms. The molecule has 4 aliphatic heterocycles. The smallest absolute Gasteiger partial charge is 0.202 e. The van der Waals surface area contributed by atoms with E-state index in [1.807, 2.05) is 30.3 Å². The molecular weight excluding hydrogens is 324 g/mol. The van der Waals surface area contributed by atoms with Crippen LogP contribution in [0.25, 0.3) is 0 Å². The first-order valence-electron chi connectivity index (χ1n) is 10.3. The van der Waals surface area contributed by atoms with Crippen molar-refractivity contribution >= 4 is 6.29 Å². The molecule has 0 aliphatic carbocycles. The van der Waals surface area contributed by atoms with Crippen LogP contribution in [0.15, 0.2) is 41.8 Å². The Bertz CT molecular complexity index is 699. The van der Waals surface area contributed by atoms with Crippen LogP contribution >= 0.6 is 0 Å². The summed E-state index contributed by atoms with van der Waals surface area (Å²) in [7, 11) is 0. The Hall–Kier alpha value is -1.81. The van der Waals surface area contributed by atoms with Gasteiger partial charge in [0.2, 0.25) is 5.88 Å². The van der Waals surface area contributed by atoms with Crippen LogP contribution in [-0.4, -0.2) is 47.8 Å². The van der Waals surface area contributed by atoms with Crippen molar-refractivity contribution in [3.8, 4) is 5.75 Å². The highest BCUT2D eigenvalue weighted by molar-refractivity contribution is 5.74. The minimum absolute atomic E-state index is 0.527.